The molecule has 0 saturated carbocycles. The second kappa shape index (κ2) is 5.97. The van der Waals surface area contributed by atoms with Crippen LogP contribution in [0.5, 0.6) is 0 Å². The number of imidazole rings is 1. The minimum Gasteiger partial charge on any atom is -0.365 e. The molecule has 5 heterocycles. The Morgan fingerprint density at radius 1 is 1.39 bits per heavy atom. The molecule has 3 atom stereocenters. The van der Waals surface area contributed by atoms with Gasteiger partial charge in [-0.3, -0.25) is 14.4 Å². The Bertz CT molecular complexity index is 1150. The maximum absolute atomic E-state index is 13.0. The lowest BCUT2D eigenvalue weighted by Crippen LogP contribution is -2.49. The fraction of sp³-hybridized carbons (Fsp3) is 0.353. The van der Waals surface area contributed by atoms with Crippen LogP contribution in [0.1, 0.15) is 33.5 Å². The molecule has 5 rings (SSSR count). The minimum atomic E-state index is -0.817. The zero-order valence-corrected chi connectivity index (χ0v) is 15.6. The molecule has 0 spiro atoms. The van der Waals surface area contributed by atoms with Gasteiger partial charge >= 0.3 is 0 Å². The topological polar surface area (TPSA) is 125 Å². The second-order valence-corrected chi connectivity index (χ2v) is 7.75. The predicted molar refractivity (Wildman–Crippen MR) is 98.1 cm³/mol. The first-order chi connectivity index (χ1) is 13.4. The lowest BCUT2D eigenvalue weighted by Gasteiger charge is -2.33. The molecule has 2 aliphatic rings. The number of primary amides is 1. The number of carbonyl (C=O) groups is 2. The van der Waals surface area contributed by atoms with Crippen molar-refractivity contribution < 1.29 is 14.3 Å². The van der Waals surface area contributed by atoms with Gasteiger partial charge < -0.3 is 19.9 Å². The molecule has 3 unspecified atom stereocenters. The Kier molecular flexibility index (Phi) is 3.64. The van der Waals surface area contributed by atoms with E-state index in [-0.39, 0.29) is 29.3 Å². The summed E-state index contributed by atoms with van der Waals surface area (Å²) >= 11 is 1.45. The summed E-state index contributed by atoms with van der Waals surface area (Å²) in [4.78, 5) is 43.5. The van der Waals surface area contributed by atoms with E-state index in [9.17, 15) is 14.4 Å². The van der Waals surface area contributed by atoms with E-state index in [2.05, 4.69) is 10.1 Å². The van der Waals surface area contributed by atoms with Crippen LogP contribution in [0.2, 0.25) is 0 Å². The van der Waals surface area contributed by atoms with Crippen molar-refractivity contribution >= 4 is 28.1 Å². The SMILES string of the molecule is CC1C(Cc2cn3ncsc3n2)OC2Cn3cc(C(N)=O)c(=O)cc3C(=O)N21. The molecule has 144 valence electrons. The number of carbonyl (C=O) groups excluding carboxylic acids is 2. The van der Waals surface area contributed by atoms with Crippen LogP contribution in [-0.2, 0) is 17.7 Å². The van der Waals surface area contributed by atoms with Gasteiger partial charge in [0.05, 0.1) is 30.6 Å². The Morgan fingerprint density at radius 2 is 2.21 bits per heavy atom. The van der Waals surface area contributed by atoms with Crippen molar-refractivity contribution in [1.29, 1.82) is 0 Å². The lowest BCUT2D eigenvalue weighted by molar-refractivity contribution is -0.0142. The van der Waals surface area contributed by atoms with Gasteiger partial charge in [0.2, 0.25) is 4.96 Å². The molecule has 2 aliphatic heterocycles. The van der Waals surface area contributed by atoms with E-state index in [0.717, 1.165) is 10.7 Å². The normalized spacial score (nSPS) is 23.8. The Hall–Kier alpha value is -3.05. The smallest absolute Gasteiger partial charge is 0.273 e. The summed E-state index contributed by atoms with van der Waals surface area (Å²) in [6, 6.07) is 0.985. The van der Waals surface area contributed by atoms with Crippen molar-refractivity contribution in [2.24, 2.45) is 5.73 Å². The molecule has 0 aliphatic carbocycles. The van der Waals surface area contributed by atoms with Gasteiger partial charge in [0.15, 0.2) is 11.7 Å². The monoisotopic (exact) mass is 400 g/mol. The molecule has 2 amide bonds. The number of nitrogens with zero attached hydrogens (tertiary/aromatic N) is 5. The molecule has 3 aromatic rings. The fourth-order valence-electron chi connectivity index (χ4n) is 3.87. The van der Waals surface area contributed by atoms with Crippen LogP contribution in [0.15, 0.2) is 28.8 Å². The summed E-state index contributed by atoms with van der Waals surface area (Å²) in [7, 11) is 0. The van der Waals surface area contributed by atoms with Gasteiger partial charge in [-0.25, -0.2) is 9.50 Å². The third kappa shape index (κ3) is 2.47. The first kappa shape index (κ1) is 17.1. The van der Waals surface area contributed by atoms with Crippen LogP contribution >= 0.6 is 11.3 Å². The summed E-state index contributed by atoms with van der Waals surface area (Å²) in [6.45, 7) is 2.24. The molecule has 28 heavy (non-hydrogen) atoms. The van der Waals surface area contributed by atoms with E-state index in [4.69, 9.17) is 10.5 Å². The van der Waals surface area contributed by atoms with E-state index in [0.29, 0.717) is 13.0 Å². The fourth-order valence-corrected chi connectivity index (χ4v) is 4.49. The van der Waals surface area contributed by atoms with Crippen LogP contribution < -0.4 is 11.2 Å². The van der Waals surface area contributed by atoms with Crippen LogP contribution in [0.3, 0.4) is 0 Å². The number of ether oxygens (including phenoxy) is 1. The quantitative estimate of drug-likeness (QED) is 0.653. The highest BCUT2D eigenvalue weighted by atomic mass is 32.1. The van der Waals surface area contributed by atoms with E-state index >= 15 is 0 Å². The van der Waals surface area contributed by atoms with Crippen LogP contribution in [0.25, 0.3) is 4.96 Å². The summed E-state index contributed by atoms with van der Waals surface area (Å²) < 4.78 is 9.41. The third-order valence-electron chi connectivity index (χ3n) is 5.27. The largest absolute Gasteiger partial charge is 0.365 e. The molecular weight excluding hydrogens is 384 g/mol. The zero-order valence-electron chi connectivity index (χ0n) is 14.8. The Balaban J connectivity index is 1.44. The third-order valence-corrected chi connectivity index (χ3v) is 5.95. The van der Waals surface area contributed by atoms with Crippen molar-refractivity contribution in [3.8, 4) is 0 Å². The molecule has 0 bridgehead atoms. The van der Waals surface area contributed by atoms with Crippen molar-refractivity contribution in [2.75, 3.05) is 0 Å². The average molecular weight is 400 g/mol. The van der Waals surface area contributed by atoms with Gasteiger partial charge in [-0.05, 0) is 6.92 Å². The maximum Gasteiger partial charge on any atom is 0.273 e. The number of fused-ring (bicyclic) bond motifs is 3. The van der Waals surface area contributed by atoms with E-state index < -0.39 is 17.6 Å². The maximum atomic E-state index is 13.0. The molecule has 0 aromatic carbocycles. The number of amides is 2. The highest BCUT2D eigenvalue weighted by Gasteiger charge is 2.46. The highest BCUT2D eigenvalue weighted by Crippen LogP contribution is 2.31. The molecule has 2 N–H and O–H groups in total. The number of aromatic nitrogens is 4. The first-order valence-corrected chi connectivity index (χ1v) is 9.60. The van der Waals surface area contributed by atoms with Gasteiger partial charge in [-0.2, -0.15) is 5.10 Å². The highest BCUT2D eigenvalue weighted by molar-refractivity contribution is 7.14. The van der Waals surface area contributed by atoms with Gasteiger partial charge in [0.1, 0.15) is 16.8 Å². The Labute approximate surface area is 162 Å². The van der Waals surface area contributed by atoms with E-state index in [1.807, 2.05) is 13.1 Å². The van der Waals surface area contributed by atoms with Crippen LogP contribution in [-0.4, -0.2) is 54.3 Å². The van der Waals surface area contributed by atoms with Crippen molar-refractivity contribution in [2.45, 2.75) is 38.3 Å². The average Bonchev–Trinajstić information content (AvgIpc) is 3.30. The number of nitrogens with two attached hydrogens (primary N) is 1. The predicted octanol–water partition coefficient (Wildman–Crippen LogP) is -0.137. The molecule has 0 radical (unpaired) electrons. The summed E-state index contributed by atoms with van der Waals surface area (Å²) in [6.07, 6.45) is 3.01. The van der Waals surface area contributed by atoms with Gasteiger partial charge in [0.25, 0.3) is 11.8 Å². The molecule has 1 fully saturated rings. The van der Waals surface area contributed by atoms with Crippen molar-refractivity contribution in [1.82, 2.24) is 24.1 Å². The van der Waals surface area contributed by atoms with Gasteiger partial charge in [-0.15, -0.1) is 0 Å². The van der Waals surface area contributed by atoms with Crippen LogP contribution in [0, 0.1) is 0 Å². The molecule has 3 aromatic heterocycles. The molecule has 1 saturated heterocycles. The van der Waals surface area contributed by atoms with Crippen LogP contribution in [0.4, 0.5) is 0 Å². The number of rotatable bonds is 3. The Morgan fingerprint density at radius 3 is 2.96 bits per heavy atom. The lowest BCUT2D eigenvalue weighted by atomic mass is 10.1. The van der Waals surface area contributed by atoms with Crippen molar-refractivity contribution in [3.05, 3.63) is 51.1 Å². The van der Waals surface area contributed by atoms with Crippen molar-refractivity contribution in [3.63, 3.8) is 0 Å². The van der Waals surface area contributed by atoms with Gasteiger partial charge in [-0.1, -0.05) is 11.3 Å². The minimum absolute atomic E-state index is 0.141. The van der Waals surface area contributed by atoms with E-state index in [1.165, 1.54) is 23.6 Å². The summed E-state index contributed by atoms with van der Waals surface area (Å²) in [5, 5.41) is 4.17. The number of hydrogen-bond donors (Lipinski definition) is 1. The first-order valence-electron chi connectivity index (χ1n) is 8.72. The zero-order chi connectivity index (χ0) is 19.6. The standard InChI is InChI=1S/C17H16N6O4S/c1-8-13(2-9-4-22-17(20-9)28-7-19-22)27-14-6-21-5-10(15(18)25)12(24)3-11(21)16(26)23(8)14/h3-5,7-8,13-14H,2,6H2,1H3,(H2,18,25). The second-order valence-electron chi connectivity index (χ2n) is 6.94. The molecule has 11 heteroatoms. The summed E-state index contributed by atoms with van der Waals surface area (Å²) in [5.41, 5.74) is 7.35. The van der Waals surface area contributed by atoms with E-state index in [1.54, 1.807) is 19.5 Å². The molecular formula is C17H16N6O4S. The number of hydrogen-bond acceptors (Lipinski definition) is 7. The molecule has 10 nitrogen and oxygen atoms in total. The summed E-state index contributed by atoms with van der Waals surface area (Å²) in [5.74, 6) is -1.12. The number of pyridine rings is 1. The van der Waals surface area contributed by atoms with Gasteiger partial charge in [0, 0.05) is 18.7 Å².